The molecule has 0 amide bonds. The average molecular weight is 1670 g/mol. The molecule has 4 unspecified atom stereocenters. The number of carbonyl (C=O) groups excluding carboxylic acids is 7. The number of rotatable bonds is 23. The van der Waals surface area contributed by atoms with Crippen molar-refractivity contribution < 1.29 is 166 Å². The van der Waals surface area contributed by atoms with E-state index in [4.69, 9.17) is 73.4 Å². The highest BCUT2D eigenvalue weighted by molar-refractivity contribution is 6.61. The lowest BCUT2D eigenvalue weighted by atomic mass is 9.79. The van der Waals surface area contributed by atoms with Crippen molar-refractivity contribution in [2.24, 2.45) is 0 Å². The number of halogens is 12. The van der Waals surface area contributed by atoms with E-state index in [9.17, 15) is 74.9 Å². The molecule has 0 spiro atoms. The zero-order valence-electron chi connectivity index (χ0n) is 60.5. The number of hydrogen-bond donors (Lipinski definition) is 4. The number of aliphatic hydroxyl groups excluding tert-OH is 1. The standard InChI is InChI=1S/C25H29F3N5O6.C21H20F3N5O6.C9H15ClO5.C6H12O3.C3H4Cl2O2.3ClH/c1-15(22-20(28)9-29-12-30-22)25(36,18-7-6-17(26)8-19(18)27)11-33-14-32(13-31-33)16(2)38-23(35)37-10-21(34)39-24(3,4)5;1-12(19-17(24)6-25-9-26-19)21(33,15-4-3-14(22)5-16(15)23)8-29-11-28(10-27-29)13(2)35-20(32)34-7-18(30)31;1-6(10)14-8(12)13-5-7(11)15-9(2,3)4;1-6(2,3)9-5(8)4-7;1-2(4)7-3(5)6;;;/h6-9,12-16,36H,10-11H2,1-5H3;3-6,9-13,33H,7-8H2,1-2H3;6H,5H2,1-4H3;7H,4H2,1-3H3;2H,1H3;3*1H/q+1;;;;;;;/p-1/t15-,16?,25+;12-,13?,21+;;;;;;/m00....../s1. The third-order valence-electron chi connectivity index (χ3n) is 12.7. The van der Waals surface area contributed by atoms with Crippen molar-refractivity contribution in [2.45, 2.75) is 180 Å². The van der Waals surface area contributed by atoms with Gasteiger partial charge in [-0.05, 0) is 88.3 Å². The summed E-state index contributed by atoms with van der Waals surface area (Å²) >= 11 is 15.2. The molecule has 604 valence electrons. The van der Waals surface area contributed by atoms with Crippen LogP contribution < -0.4 is 33.9 Å². The van der Waals surface area contributed by atoms with Gasteiger partial charge in [0, 0.05) is 70.7 Å². The van der Waals surface area contributed by atoms with Crippen LogP contribution in [0, 0.1) is 34.9 Å². The number of alkyl halides is 2. The zero-order chi connectivity index (χ0) is 80.1. The number of benzene rings is 2. The Morgan fingerprint density at radius 2 is 0.852 bits per heavy atom. The first kappa shape index (κ1) is 101. The molecule has 0 bridgehead atoms. The van der Waals surface area contributed by atoms with E-state index >= 15 is 0 Å². The minimum absolute atomic E-state index is 0. The van der Waals surface area contributed by atoms with Crippen molar-refractivity contribution in [1.82, 2.24) is 39.5 Å². The van der Waals surface area contributed by atoms with E-state index in [-0.39, 0.29) is 59.7 Å². The monoisotopic (exact) mass is 1670 g/mol. The zero-order valence-corrected chi connectivity index (χ0v) is 65.1. The van der Waals surface area contributed by atoms with Crippen LogP contribution in [0.1, 0.15) is 151 Å². The maximum Gasteiger partial charge on any atom is 0.511 e. The van der Waals surface area contributed by atoms with Gasteiger partial charge in [0.25, 0.3) is 12.7 Å². The van der Waals surface area contributed by atoms with Gasteiger partial charge in [-0.25, -0.2) is 84.6 Å². The number of carboxylic acid groups (broad SMARTS) is 1. The SMILES string of the molecule is CC(C)(C)OC(=O)CO.CC(Cl)OC(=O)Cl.CC(Cl)OC(=O)OCC(=O)OC(C)(C)C.CC(OC(=O)OCC(=O)O)[n+]1cnn(C[C@](O)(c2ccc(F)cc2F)[C@@H](C)c2ncncc2F)c1.CC(OC(=O)OCC(=O)OC(C)(C)C)[n+]1cnn(C[C@](O)(c2ccc(F)cc2F)[C@@H](C)c2ncncc2F)c1.Cl.[Cl-].[Cl-]. The molecule has 32 nitrogen and oxygen atoms in total. The van der Waals surface area contributed by atoms with Crippen molar-refractivity contribution >= 4 is 95.0 Å². The Labute approximate surface area is 648 Å². The Bertz CT molecular complexity index is 3880. The van der Waals surface area contributed by atoms with Gasteiger partial charge in [0.2, 0.25) is 25.1 Å². The number of hydrogen-bond acceptors (Lipinski definition) is 27. The molecule has 0 saturated carbocycles. The fourth-order valence-electron chi connectivity index (χ4n) is 8.27. The van der Waals surface area contributed by atoms with Gasteiger partial charge >= 0.3 is 47.8 Å². The molecule has 6 rings (SSSR count). The van der Waals surface area contributed by atoms with Crippen LogP contribution in [0.5, 0.6) is 0 Å². The molecule has 0 aliphatic heterocycles. The van der Waals surface area contributed by atoms with Crippen LogP contribution in [0.15, 0.2) is 86.8 Å². The van der Waals surface area contributed by atoms with Gasteiger partial charge in [-0.1, -0.05) is 49.2 Å². The summed E-state index contributed by atoms with van der Waals surface area (Å²) in [5, 5.41) is 48.3. The van der Waals surface area contributed by atoms with E-state index in [0.29, 0.717) is 12.1 Å². The Morgan fingerprint density at radius 1 is 0.519 bits per heavy atom. The molecule has 2 aromatic carbocycles. The number of nitrogens with zero attached hydrogens (tertiary/aromatic N) is 10. The van der Waals surface area contributed by atoms with Crippen LogP contribution in [0.2, 0.25) is 0 Å². The summed E-state index contributed by atoms with van der Waals surface area (Å²) in [4.78, 5) is 103. The number of aliphatic hydroxyl groups is 3. The Hall–Kier alpha value is -8.76. The first-order valence-electron chi connectivity index (χ1n) is 30.7. The average Bonchev–Trinajstić information content (AvgIpc) is 1.04. The smallest absolute Gasteiger partial charge is 0.511 e. The van der Waals surface area contributed by atoms with E-state index in [1.807, 2.05) is 0 Å². The highest BCUT2D eigenvalue weighted by Gasteiger charge is 2.46. The van der Waals surface area contributed by atoms with Crippen molar-refractivity contribution in [2.75, 3.05) is 26.4 Å². The molecule has 4 heterocycles. The Kier molecular flexibility index (Phi) is 43.7. The predicted octanol–water partition coefficient (Wildman–Crippen LogP) is 3.67. The van der Waals surface area contributed by atoms with E-state index in [2.05, 4.69) is 49.1 Å². The predicted molar refractivity (Wildman–Crippen MR) is 355 cm³/mol. The maximum absolute atomic E-state index is 14.9. The topological polar surface area (TPSA) is 405 Å². The van der Waals surface area contributed by atoms with Gasteiger partial charge in [0.1, 0.15) is 83.6 Å². The number of carbonyl (C=O) groups is 8. The molecule has 8 atom stereocenters. The highest BCUT2D eigenvalue weighted by Crippen LogP contribution is 2.41. The minimum Gasteiger partial charge on any atom is -1.00 e. The Morgan fingerprint density at radius 3 is 1.13 bits per heavy atom. The number of esters is 3. The number of ether oxygens (including phenoxy) is 10. The third kappa shape index (κ3) is 37.4. The molecule has 0 aliphatic carbocycles. The number of aliphatic carboxylic acids is 1. The molecule has 4 N–H and O–H groups in total. The minimum atomic E-state index is -2.17. The van der Waals surface area contributed by atoms with Gasteiger partial charge in [0.15, 0.2) is 42.6 Å². The van der Waals surface area contributed by atoms with Crippen molar-refractivity contribution in [1.29, 1.82) is 0 Å². The first-order chi connectivity index (χ1) is 48.5. The Balaban J connectivity index is 0. The quantitative estimate of drug-likeness (QED) is 0.0177. The van der Waals surface area contributed by atoms with Gasteiger partial charge in [-0.15, -0.1) is 21.8 Å². The molecule has 4 aromatic heterocycles. The molecule has 108 heavy (non-hydrogen) atoms. The molecular weight excluding hydrogens is 1590 g/mol. The normalized spacial score (nSPS) is 13.6. The summed E-state index contributed by atoms with van der Waals surface area (Å²) < 4.78 is 138. The van der Waals surface area contributed by atoms with Gasteiger partial charge in [-0.2, -0.15) is 9.13 Å². The molecule has 44 heteroatoms. The van der Waals surface area contributed by atoms with Crippen LogP contribution in [-0.4, -0.2) is 162 Å². The van der Waals surface area contributed by atoms with Gasteiger partial charge in [0.05, 0.1) is 23.8 Å². The molecule has 0 aliphatic rings. The van der Waals surface area contributed by atoms with Crippen molar-refractivity contribution in [3.05, 3.63) is 144 Å². The fraction of sp³-hybridized carbons (Fsp3) is 0.500. The first-order valence-corrected chi connectivity index (χ1v) is 32.0. The second-order valence-electron chi connectivity index (χ2n) is 24.8. The lowest BCUT2D eigenvalue weighted by Crippen LogP contribution is -3.00. The van der Waals surface area contributed by atoms with E-state index in [1.54, 1.807) is 62.3 Å². The summed E-state index contributed by atoms with van der Waals surface area (Å²) in [6.45, 7) is 20.6. The van der Waals surface area contributed by atoms with Gasteiger partial charge in [-0.3, -0.25) is 0 Å². The number of carboxylic acids is 1. The lowest BCUT2D eigenvalue weighted by molar-refractivity contribution is -0.754. The lowest BCUT2D eigenvalue weighted by Gasteiger charge is -2.32. The largest absolute Gasteiger partial charge is 1.00 e. The number of aromatic nitrogens is 10. The summed E-state index contributed by atoms with van der Waals surface area (Å²) in [5.74, 6) is -11.1. The van der Waals surface area contributed by atoms with Gasteiger partial charge < -0.3 is 92.6 Å². The van der Waals surface area contributed by atoms with E-state index in [1.165, 1.54) is 85.3 Å². The van der Waals surface area contributed by atoms with E-state index < -0.39 is 186 Å². The van der Waals surface area contributed by atoms with Crippen LogP contribution in [0.3, 0.4) is 0 Å². The van der Waals surface area contributed by atoms with Crippen molar-refractivity contribution in [3.8, 4) is 0 Å². The molecule has 0 fully saturated rings. The molecular formula is C64H82Cl6F6N10O22. The van der Waals surface area contributed by atoms with Crippen LogP contribution >= 0.6 is 47.2 Å². The van der Waals surface area contributed by atoms with Crippen molar-refractivity contribution in [3.63, 3.8) is 0 Å². The van der Waals surface area contributed by atoms with Crippen LogP contribution in [-0.2, 0) is 90.8 Å². The van der Waals surface area contributed by atoms with Crippen LogP contribution in [0.4, 0.5) is 45.5 Å². The molecule has 0 saturated heterocycles. The fourth-order valence-corrected chi connectivity index (χ4v) is 8.60. The van der Waals surface area contributed by atoms with Crippen LogP contribution in [0.25, 0.3) is 0 Å². The maximum atomic E-state index is 14.9. The third-order valence-corrected chi connectivity index (χ3v) is 12.9. The summed E-state index contributed by atoms with van der Waals surface area (Å²) in [6.07, 6.45) is 3.69. The highest BCUT2D eigenvalue weighted by atomic mass is 35.5. The summed E-state index contributed by atoms with van der Waals surface area (Å²) in [7, 11) is 0. The molecule has 6 aromatic rings. The second-order valence-corrected chi connectivity index (χ2v) is 26.3. The summed E-state index contributed by atoms with van der Waals surface area (Å²) in [5.41, 5.74) is -9.51. The van der Waals surface area contributed by atoms with E-state index in [0.717, 1.165) is 49.3 Å². The second kappa shape index (κ2) is 46.6. The molecule has 0 radical (unpaired) electrons. The summed E-state index contributed by atoms with van der Waals surface area (Å²) in [6, 6.07) is 5.21.